The molecule has 0 spiro atoms. The van der Waals surface area contributed by atoms with Crippen molar-refractivity contribution in [3.63, 3.8) is 0 Å². The van der Waals surface area contributed by atoms with Crippen LogP contribution in [0.1, 0.15) is 17.4 Å². The van der Waals surface area contributed by atoms with Crippen molar-refractivity contribution < 1.29 is 9.50 Å². The molecule has 0 bridgehead atoms. The summed E-state index contributed by atoms with van der Waals surface area (Å²) in [5.41, 5.74) is 0.542. The second kappa shape index (κ2) is 4.14. The van der Waals surface area contributed by atoms with Crippen molar-refractivity contribution in [2.45, 2.75) is 6.10 Å². The predicted molar refractivity (Wildman–Crippen MR) is 52.5 cm³/mol. The lowest BCUT2D eigenvalue weighted by Crippen LogP contribution is -2.06. The van der Waals surface area contributed by atoms with E-state index in [0.29, 0.717) is 5.56 Å². The van der Waals surface area contributed by atoms with Crippen molar-refractivity contribution in [1.29, 1.82) is 0 Å². The predicted octanol–water partition coefficient (Wildman–Crippen LogP) is 1.70. The fourth-order valence-corrected chi connectivity index (χ4v) is 1.31. The maximum Gasteiger partial charge on any atom is 0.237 e. The number of rotatable bonds is 2. The van der Waals surface area contributed by atoms with Gasteiger partial charge in [-0.15, -0.1) is 0 Å². The summed E-state index contributed by atoms with van der Waals surface area (Å²) >= 11 is 0. The molecule has 0 aliphatic carbocycles. The summed E-state index contributed by atoms with van der Waals surface area (Å²) in [5.74, 6) is -0.742. The lowest BCUT2D eigenvalue weighted by atomic mass is 10.1. The Balaban J connectivity index is 2.37. The fourth-order valence-electron chi connectivity index (χ4n) is 1.31. The summed E-state index contributed by atoms with van der Waals surface area (Å²) in [4.78, 5) is 7.20. The van der Waals surface area contributed by atoms with Crippen LogP contribution in [0.4, 0.5) is 4.39 Å². The molecule has 0 aliphatic rings. The van der Waals surface area contributed by atoms with Crippen LogP contribution in [-0.4, -0.2) is 15.1 Å². The monoisotopic (exact) mass is 204 g/mol. The molecule has 0 fully saturated rings. The first-order valence-corrected chi connectivity index (χ1v) is 4.48. The highest BCUT2D eigenvalue weighted by molar-refractivity contribution is 5.24. The summed E-state index contributed by atoms with van der Waals surface area (Å²) in [6.07, 6.45) is 1.53. The summed E-state index contributed by atoms with van der Waals surface area (Å²) in [7, 11) is 0. The lowest BCUT2D eigenvalue weighted by molar-refractivity contribution is 0.208. The van der Waals surface area contributed by atoms with E-state index in [0.717, 1.165) is 0 Å². The van der Waals surface area contributed by atoms with Gasteiger partial charge in [0, 0.05) is 12.4 Å². The highest BCUT2D eigenvalue weighted by Crippen LogP contribution is 2.20. The van der Waals surface area contributed by atoms with Crippen molar-refractivity contribution in [2.24, 2.45) is 0 Å². The van der Waals surface area contributed by atoms with E-state index in [2.05, 4.69) is 9.97 Å². The Morgan fingerprint density at radius 3 is 2.40 bits per heavy atom. The largest absolute Gasteiger partial charge is 0.382 e. The Morgan fingerprint density at radius 2 is 1.73 bits per heavy atom. The van der Waals surface area contributed by atoms with Crippen LogP contribution >= 0.6 is 0 Å². The van der Waals surface area contributed by atoms with E-state index in [1.165, 1.54) is 12.4 Å². The Kier molecular flexibility index (Phi) is 2.69. The van der Waals surface area contributed by atoms with Gasteiger partial charge in [0.25, 0.3) is 0 Å². The van der Waals surface area contributed by atoms with E-state index in [9.17, 15) is 9.50 Å². The highest BCUT2D eigenvalue weighted by atomic mass is 19.1. The van der Waals surface area contributed by atoms with Crippen LogP contribution in [0.5, 0.6) is 0 Å². The molecule has 0 amide bonds. The summed E-state index contributed by atoms with van der Waals surface area (Å²) in [6, 6.07) is 8.78. The number of nitrogens with zero attached hydrogens (tertiary/aromatic N) is 2. The lowest BCUT2D eigenvalue weighted by Gasteiger charge is -2.09. The molecule has 0 saturated carbocycles. The number of aliphatic hydroxyl groups excluding tert-OH is 1. The maximum atomic E-state index is 13.2. The average Bonchev–Trinajstić information content (AvgIpc) is 2.30. The van der Waals surface area contributed by atoms with Gasteiger partial charge < -0.3 is 5.11 Å². The van der Waals surface area contributed by atoms with E-state index < -0.39 is 12.1 Å². The fraction of sp³-hybridized carbons (Fsp3) is 0.0909. The van der Waals surface area contributed by atoms with E-state index in [4.69, 9.17) is 0 Å². The van der Waals surface area contributed by atoms with Crippen molar-refractivity contribution in [1.82, 2.24) is 9.97 Å². The molecule has 1 unspecified atom stereocenters. The van der Waals surface area contributed by atoms with Gasteiger partial charge in [-0.25, -0.2) is 4.98 Å². The molecule has 0 aliphatic heterocycles. The molecule has 15 heavy (non-hydrogen) atoms. The van der Waals surface area contributed by atoms with Gasteiger partial charge in [-0.2, -0.15) is 4.39 Å². The van der Waals surface area contributed by atoms with Crippen LogP contribution in [0.3, 0.4) is 0 Å². The second-order valence-electron chi connectivity index (χ2n) is 3.05. The molecule has 1 aromatic heterocycles. The first-order valence-electron chi connectivity index (χ1n) is 4.48. The molecule has 3 nitrogen and oxygen atoms in total. The highest BCUT2D eigenvalue weighted by Gasteiger charge is 2.16. The van der Waals surface area contributed by atoms with Gasteiger partial charge in [-0.05, 0) is 5.56 Å². The normalized spacial score (nSPS) is 12.4. The van der Waals surface area contributed by atoms with E-state index in [1.807, 2.05) is 6.07 Å². The van der Waals surface area contributed by atoms with Crippen LogP contribution in [-0.2, 0) is 0 Å². The van der Waals surface area contributed by atoms with Gasteiger partial charge in [0.1, 0.15) is 11.8 Å². The molecule has 1 heterocycles. The Bertz CT molecular complexity index is 447. The molecule has 0 saturated heterocycles. The van der Waals surface area contributed by atoms with Crippen LogP contribution in [0.25, 0.3) is 0 Å². The molecule has 1 N–H and O–H groups in total. The van der Waals surface area contributed by atoms with E-state index in [-0.39, 0.29) is 5.69 Å². The number of benzene rings is 1. The molecular weight excluding hydrogens is 195 g/mol. The Hall–Kier alpha value is -1.81. The van der Waals surface area contributed by atoms with Crippen molar-refractivity contribution >= 4 is 0 Å². The molecule has 4 heteroatoms. The molecular formula is C11H9FN2O. The number of aromatic nitrogens is 2. The third-order valence-electron chi connectivity index (χ3n) is 2.05. The first kappa shape index (κ1) is 9.73. The third-order valence-corrected chi connectivity index (χ3v) is 2.05. The van der Waals surface area contributed by atoms with Gasteiger partial charge in [-0.1, -0.05) is 30.3 Å². The Labute approximate surface area is 86.3 Å². The minimum atomic E-state index is -1.07. The molecule has 0 radical (unpaired) electrons. The van der Waals surface area contributed by atoms with Crippen LogP contribution in [0.2, 0.25) is 0 Å². The summed E-state index contributed by atoms with van der Waals surface area (Å²) in [6.45, 7) is 0. The van der Waals surface area contributed by atoms with E-state index >= 15 is 0 Å². The number of hydrogen-bond acceptors (Lipinski definition) is 3. The van der Waals surface area contributed by atoms with E-state index in [1.54, 1.807) is 24.3 Å². The maximum absolute atomic E-state index is 13.2. The third kappa shape index (κ3) is 1.99. The zero-order chi connectivity index (χ0) is 10.7. The topological polar surface area (TPSA) is 46.0 Å². The van der Waals surface area contributed by atoms with Gasteiger partial charge >= 0.3 is 0 Å². The molecule has 76 valence electrons. The van der Waals surface area contributed by atoms with Crippen LogP contribution in [0.15, 0.2) is 42.7 Å². The zero-order valence-electron chi connectivity index (χ0n) is 7.84. The molecule has 1 atom stereocenters. The number of halogens is 1. The summed E-state index contributed by atoms with van der Waals surface area (Å²) in [5, 5.41) is 9.83. The van der Waals surface area contributed by atoms with Gasteiger partial charge in [0.05, 0.1) is 0 Å². The molecule has 1 aromatic carbocycles. The zero-order valence-corrected chi connectivity index (χ0v) is 7.84. The standard InChI is InChI=1S/C11H9FN2O/c12-11-9(13-6-7-14-11)10(15)8-4-2-1-3-5-8/h1-7,10,15H. The Morgan fingerprint density at radius 1 is 1.07 bits per heavy atom. The molecule has 2 aromatic rings. The van der Waals surface area contributed by atoms with Gasteiger partial charge in [-0.3, -0.25) is 4.98 Å². The SMILES string of the molecule is OC(c1ccccc1)c1nccnc1F. The van der Waals surface area contributed by atoms with Crippen molar-refractivity contribution in [3.05, 3.63) is 59.9 Å². The van der Waals surface area contributed by atoms with Crippen molar-refractivity contribution in [3.8, 4) is 0 Å². The number of aliphatic hydroxyl groups is 1. The van der Waals surface area contributed by atoms with Crippen molar-refractivity contribution in [2.75, 3.05) is 0 Å². The second-order valence-corrected chi connectivity index (χ2v) is 3.05. The van der Waals surface area contributed by atoms with Gasteiger partial charge in [0.15, 0.2) is 0 Å². The van der Waals surface area contributed by atoms with Crippen LogP contribution in [0, 0.1) is 5.95 Å². The van der Waals surface area contributed by atoms with Crippen LogP contribution < -0.4 is 0 Å². The minimum Gasteiger partial charge on any atom is -0.382 e. The van der Waals surface area contributed by atoms with Gasteiger partial charge in [0.2, 0.25) is 5.95 Å². The smallest absolute Gasteiger partial charge is 0.237 e. The summed E-state index contributed by atoms with van der Waals surface area (Å²) < 4.78 is 13.2. The average molecular weight is 204 g/mol. The first-order chi connectivity index (χ1) is 7.29. The minimum absolute atomic E-state index is 0.0521. The molecule has 2 rings (SSSR count). The quantitative estimate of drug-likeness (QED) is 0.809. The number of hydrogen-bond donors (Lipinski definition) is 1.